The molecule has 1 aromatic rings. The maximum Gasteiger partial charge on any atom is 0.215 e. The van der Waals surface area contributed by atoms with Gasteiger partial charge in [0.1, 0.15) is 0 Å². The molecule has 0 aliphatic carbocycles. The monoisotopic (exact) mass is 293 g/mol. The highest BCUT2D eigenvalue weighted by molar-refractivity contribution is 7.88. The lowest BCUT2D eigenvalue weighted by molar-refractivity contribution is 0.398. The molecule has 108 valence electrons. The van der Waals surface area contributed by atoms with Gasteiger partial charge in [0, 0.05) is 12.6 Å². The van der Waals surface area contributed by atoms with Gasteiger partial charge in [0.05, 0.1) is 17.4 Å². The van der Waals surface area contributed by atoms with E-state index in [0.29, 0.717) is 17.7 Å². The summed E-state index contributed by atoms with van der Waals surface area (Å²) >= 11 is 0. The fourth-order valence-corrected chi connectivity index (χ4v) is 3.56. The van der Waals surface area contributed by atoms with Crippen LogP contribution in [0.5, 0.6) is 0 Å². The van der Waals surface area contributed by atoms with Gasteiger partial charge in [-0.3, -0.25) is 0 Å². The molecule has 5 nitrogen and oxygen atoms in total. The molecule has 1 aliphatic heterocycles. The minimum Gasteiger partial charge on any atom is -0.313 e. The number of hydrogen-bond donors (Lipinski definition) is 2. The lowest BCUT2D eigenvalue weighted by Crippen LogP contribution is -2.43. The van der Waals surface area contributed by atoms with Crippen LogP contribution in [-0.4, -0.2) is 27.5 Å². The molecule has 20 heavy (non-hydrogen) atoms. The standard InChI is InChI=1S/C14H19N3O2S/c15-9-12-5-1-2-6-13(12)11-20(18,19)17-10-14-7-3-4-8-16-14/h1-2,5-6,14,16-17H,3-4,7-8,10-11H2. The van der Waals surface area contributed by atoms with Crippen LogP contribution in [-0.2, 0) is 15.8 Å². The van der Waals surface area contributed by atoms with Crippen molar-refractivity contribution in [3.8, 4) is 6.07 Å². The van der Waals surface area contributed by atoms with Gasteiger partial charge in [-0.1, -0.05) is 24.6 Å². The smallest absolute Gasteiger partial charge is 0.215 e. The molecule has 0 aromatic heterocycles. The summed E-state index contributed by atoms with van der Waals surface area (Å²) in [5, 5.41) is 12.3. The molecule has 0 bridgehead atoms. The number of sulfonamides is 1. The van der Waals surface area contributed by atoms with Crippen LogP contribution in [0.3, 0.4) is 0 Å². The molecule has 1 aliphatic rings. The largest absolute Gasteiger partial charge is 0.313 e. The lowest BCUT2D eigenvalue weighted by Gasteiger charge is -2.23. The molecule has 1 heterocycles. The van der Waals surface area contributed by atoms with Crippen molar-refractivity contribution in [1.82, 2.24) is 10.0 Å². The van der Waals surface area contributed by atoms with Crippen LogP contribution in [0, 0.1) is 11.3 Å². The summed E-state index contributed by atoms with van der Waals surface area (Å²) in [6.07, 6.45) is 3.28. The molecule has 0 spiro atoms. The zero-order valence-corrected chi connectivity index (χ0v) is 12.1. The minimum absolute atomic E-state index is 0.149. The Morgan fingerprint density at radius 1 is 1.35 bits per heavy atom. The number of nitrogens with zero attached hydrogens (tertiary/aromatic N) is 1. The molecular formula is C14H19N3O2S. The van der Waals surface area contributed by atoms with Crippen molar-refractivity contribution in [2.45, 2.75) is 31.1 Å². The summed E-state index contributed by atoms with van der Waals surface area (Å²) in [5.41, 5.74) is 0.952. The van der Waals surface area contributed by atoms with E-state index < -0.39 is 10.0 Å². The number of hydrogen-bond acceptors (Lipinski definition) is 4. The van der Waals surface area contributed by atoms with Crippen LogP contribution in [0.15, 0.2) is 24.3 Å². The Bertz CT molecular complexity index is 587. The third-order valence-corrected chi connectivity index (χ3v) is 4.74. The van der Waals surface area contributed by atoms with Gasteiger partial charge in [-0.2, -0.15) is 5.26 Å². The molecule has 0 radical (unpaired) electrons. The van der Waals surface area contributed by atoms with E-state index in [1.165, 1.54) is 0 Å². The van der Waals surface area contributed by atoms with E-state index >= 15 is 0 Å². The predicted molar refractivity (Wildman–Crippen MR) is 77.4 cm³/mol. The third kappa shape index (κ3) is 4.30. The highest BCUT2D eigenvalue weighted by Crippen LogP contribution is 2.11. The summed E-state index contributed by atoms with van der Waals surface area (Å²) < 4.78 is 26.8. The van der Waals surface area contributed by atoms with Crippen molar-refractivity contribution in [2.24, 2.45) is 0 Å². The molecule has 1 aromatic carbocycles. The summed E-state index contributed by atoms with van der Waals surface area (Å²) in [4.78, 5) is 0. The first-order valence-electron chi connectivity index (χ1n) is 6.79. The van der Waals surface area contributed by atoms with Gasteiger partial charge in [0.15, 0.2) is 0 Å². The van der Waals surface area contributed by atoms with Crippen LogP contribution < -0.4 is 10.0 Å². The topological polar surface area (TPSA) is 82.0 Å². The van der Waals surface area contributed by atoms with Gasteiger partial charge in [-0.05, 0) is 31.0 Å². The van der Waals surface area contributed by atoms with E-state index in [1.807, 2.05) is 6.07 Å². The zero-order chi connectivity index (χ0) is 14.4. The average molecular weight is 293 g/mol. The van der Waals surface area contributed by atoms with E-state index in [0.717, 1.165) is 25.8 Å². The molecular weight excluding hydrogens is 274 g/mol. The third-order valence-electron chi connectivity index (χ3n) is 3.45. The first-order chi connectivity index (χ1) is 9.61. The maximum atomic E-state index is 12.1. The number of benzene rings is 1. The van der Waals surface area contributed by atoms with Gasteiger partial charge < -0.3 is 5.32 Å². The maximum absolute atomic E-state index is 12.1. The number of rotatable bonds is 5. The summed E-state index contributed by atoms with van der Waals surface area (Å²) in [7, 11) is -3.41. The van der Waals surface area contributed by atoms with Gasteiger partial charge >= 0.3 is 0 Å². The number of piperidine rings is 1. The van der Waals surface area contributed by atoms with E-state index in [2.05, 4.69) is 10.0 Å². The fraction of sp³-hybridized carbons (Fsp3) is 0.500. The van der Waals surface area contributed by atoms with Crippen molar-refractivity contribution in [1.29, 1.82) is 5.26 Å². The van der Waals surface area contributed by atoms with E-state index in [-0.39, 0.29) is 11.8 Å². The van der Waals surface area contributed by atoms with E-state index in [4.69, 9.17) is 5.26 Å². The van der Waals surface area contributed by atoms with Gasteiger partial charge in [0.25, 0.3) is 0 Å². The average Bonchev–Trinajstić information content (AvgIpc) is 2.47. The fourth-order valence-electron chi connectivity index (χ4n) is 2.34. The summed E-state index contributed by atoms with van der Waals surface area (Å²) in [5.74, 6) is -0.149. The molecule has 1 atom stereocenters. The number of nitriles is 1. The van der Waals surface area contributed by atoms with E-state index in [1.54, 1.807) is 24.3 Å². The molecule has 1 unspecified atom stereocenters. The van der Waals surface area contributed by atoms with Crippen LogP contribution in [0.1, 0.15) is 30.4 Å². The lowest BCUT2D eigenvalue weighted by atomic mass is 10.1. The molecule has 2 rings (SSSR count). The van der Waals surface area contributed by atoms with Gasteiger partial charge in [0.2, 0.25) is 10.0 Å². The Labute approximate surface area is 120 Å². The quantitative estimate of drug-likeness (QED) is 0.852. The Morgan fingerprint density at radius 2 is 2.15 bits per heavy atom. The summed E-state index contributed by atoms with van der Waals surface area (Å²) in [6, 6.07) is 9.02. The van der Waals surface area contributed by atoms with Crippen LogP contribution in [0.4, 0.5) is 0 Å². The second kappa shape index (κ2) is 6.84. The van der Waals surface area contributed by atoms with Crippen molar-refractivity contribution >= 4 is 10.0 Å². The van der Waals surface area contributed by atoms with Crippen LogP contribution in [0.25, 0.3) is 0 Å². The molecule has 6 heteroatoms. The van der Waals surface area contributed by atoms with Crippen molar-refractivity contribution in [3.63, 3.8) is 0 Å². The summed E-state index contributed by atoms with van der Waals surface area (Å²) in [6.45, 7) is 1.36. The first kappa shape index (κ1) is 15.0. The Morgan fingerprint density at radius 3 is 2.85 bits per heavy atom. The highest BCUT2D eigenvalue weighted by Gasteiger charge is 2.18. The van der Waals surface area contributed by atoms with Crippen LogP contribution in [0.2, 0.25) is 0 Å². The second-order valence-electron chi connectivity index (χ2n) is 5.02. The molecule has 0 amide bonds. The second-order valence-corrected chi connectivity index (χ2v) is 6.83. The Kier molecular flexibility index (Phi) is 5.12. The van der Waals surface area contributed by atoms with Crippen molar-refractivity contribution in [3.05, 3.63) is 35.4 Å². The van der Waals surface area contributed by atoms with E-state index in [9.17, 15) is 8.42 Å². The first-order valence-corrected chi connectivity index (χ1v) is 8.45. The van der Waals surface area contributed by atoms with Gasteiger partial charge in [-0.25, -0.2) is 13.1 Å². The Balaban J connectivity index is 1.95. The minimum atomic E-state index is -3.41. The predicted octanol–water partition coefficient (Wildman–Crippen LogP) is 1.12. The van der Waals surface area contributed by atoms with Gasteiger partial charge in [-0.15, -0.1) is 0 Å². The van der Waals surface area contributed by atoms with Crippen molar-refractivity contribution < 1.29 is 8.42 Å². The highest BCUT2D eigenvalue weighted by atomic mass is 32.2. The Hall–Kier alpha value is -1.42. The molecule has 1 fully saturated rings. The molecule has 0 saturated carbocycles. The SMILES string of the molecule is N#Cc1ccccc1CS(=O)(=O)NCC1CCCCN1. The van der Waals surface area contributed by atoms with Crippen LogP contribution >= 0.6 is 0 Å². The number of nitrogens with one attached hydrogen (secondary N) is 2. The van der Waals surface area contributed by atoms with Crippen molar-refractivity contribution in [2.75, 3.05) is 13.1 Å². The normalized spacial score (nSPS) is 19.4. The zero-order valence-electron chi connectivity index (χ0n) is 11.3. The molecule has 2 N–H and O–H groups in total. The molecule has 1 saturated heterocycles.